The van der Waals surface area contributed by atoms with E-state index in [0.29, 0.717) is 0 Å². The summed E-state index contributed by atoms with van der Waals surface area (Å²) in [7, 11) is 0. The number of rotatable bonds is 1. The van der Waals surface area contributed by atoms with E-state index in [-0.39, 0.29) is 0 Å². The molecule has 0 unspecified atom stereocenters. The molecule has 0 spiro atoms. The summed E-state index contributed by atoms with van der Waals surface area (Å²) >= 11 is 0. The first-order chi connectivity index (χ1) is 6.47. The Morgan fingerprint density at radius 1 is 0.846 bits per heavy atom. The van der Waals surface area contributed by atoms with Crippen LogP contribution >= 0.6 is 0 Å². The summed E-state index contributed by atoms with van der Waals surface area (Å²) in [5, 5.41) is 0. The highest BCUT2D eigenvalue weighted by atomic mass is 15.1. The fourth-order valence-electron chi connectivity index (χ4n) is 2.47. The Morgan fingerprint density at radius 3 is 2.23 bits per heavy atom. The zero-order chi connectivity index (χ0) is 8.93. The fourth-order valence-corrected chi connectivity index (χ4v) is 2.47. The molecule has 2 rings (SSSR count). The molecule has 1 aliphatic carbocycles. The molecule has 0 aromatic carbocycles. The Bertz CT molecular complexity index is 176. The molecule has 1 heterocycles. The predicted octanol–water partition coefficient (Wildman–Crippen LogP) is 3.16. The molecule has 13 heavy (non-hydrogen) atoms. The van der Waals surface area contributed by atoms with Crippen molar-refractivity contribution in [3.05, 3.63) is 11.8 Å². The minimum absolute atomic E-state index is 1.33. The molecule has 73 valence electrons. The van der Waals surface area contributed by atoms with Gasteiger partial charge in [-0.3, -0.25) is 0 Å². The molecule has 1 saturated heterocycles. The van der Waals surface area contributed by atoms with Gasteiger partial charge in [-0.15, -0.1) is 4.90 Å². The van der Waals surface area contributed by atoms with Gasteiger partial charge < -0.3 is 0 Å². The molecule has 0 atom stereocenters. The highest BCUT2D eigenvalue weighted by molar-refractivity contribution is 5.07. The van der Waals surface area contributed by atoms with Crippen molar-refractivity contribution in [3.63, 3.8) is 0 Å². The number of allylic oxidation sites excluding steroid dienone is 2. The van der Waals surface area contributed by atoms with Crippen LogP contribution < -0.4 is 4.90 Å². The monoisotopic (exact) mass is 179 g/mol. The number of likely N-dealkylation sites (tertiary alicyclic amines) is 1. The van der Waals surface area contributed by atoms with E-state index in [1.807, 2.05) is 0 Å². The van der Waals surface area contributed by atoms with E-state index in [1.54, 1.807) is 5.70 Å². The second kappa shape index (κ2) is 4.80. The van der Waals surface area contributed by atoms with E-state index < -0.39 is 0 Å². The lowest BCUT2D eigenvalue weighted by Crippen LogP contribution is -2.31. The Balaban J connectivity index is 1.92. The van der Waals surface area contributed by atoms with E-state index in [2.05, 4.69) is 11.0 Å². The van der Waals surface area contributed by atoms with Crippen LogP contribution in [0.5, 0.6) is 0 Å². The minimum atomic E-state index is 1.33. The SMILES string of the molecule is C1=C([N+]2CCCCCC2)CCCC1. The molecule has 0 amide bonds. The Hall–Kier alpha value is -0.300. The van der Waals surface area contributed by atoms with Gasteiger partial charge in [0, 0.05) is 19.3 Å². The molecule has 0 bridgehead atoms. The van der Waals surface area contributed by atoms with Crippen LogP contribution in [-0.4, -0.2) is 13.1 Å². The van der Waals surface area contributed by atoms with Crippen molar-refractivity contribution in [2.24, 2.45) is 0 Å². The average molecular weight is 179 g/mol. The van der Waals surface area contributed by atoms with Crippen LogP contribution in [0, 0.1) is 0 Å². The lowest BCUT2D eigenvalue weighted by Gasteiger charge is -2.15. The van der Waals surface area contributed by atoms with Crippen LogP contribution in [-0.2, 0) is 0 Å². The number of nitrogens with zero attached hydrogens (tertiary/aromatic N) is 1. The molecule has 1 aliphatic heterocycles. The van der Waals surface area contributed by atoms with Crippen molar-refractivity contribution in [1.29, 1.82) is 0 Å². The topological polar surface area (TPSA) is 5.90 Å². The smallest absolute Gasteiger partial charge is 0.138 e. The lowest BCUT2D eigenvalue weighted by molar-refractivity contribution is 0.459. The standard InChI is InChI=1S/C12H21N/c1-2-7-11-13(10-6-1)12-8-4-3-5-9-12/h8H,1-7,9-11H2/q+1. The second-order valence-electron chi connectivity index (χ2n) is 4.34. The fraction of sp³-hybridized carbons (Fsp3) is 0.833. The van der Waals surface area contributed by atoms with Crippen molar-refractivity contribution >= 4 is 0 Å². The summed E-state index contributed by atoms with van der Waals surface area (Å²) in [6.45, 7) is 2.65. The first kappa shape index (κ1) is 9.26. The zero-order valence-electron chi connectivity index (χ0n) is 8.60. The Kier molecular flexibility index (Phi) is 3.42. The third-order valence-electron chi connectivity index (χ3n) is 3.28. The molecular weight excluding hydrogens is 158 g/mol. The third-order valence-corrected chi connectivity index (χ3v) is 3.28. The number of hydrogen-bond acceptors (Lipinski definition) is 1. The first-order valence-corrected chi connectivity index (χ1v) is 5.91. The molecule has 1 heteroatoms. The van der Waals surface area contributed by atoms with Crippen molar-refractivity contribution < 1.29 is 0 Å². The van der Waals surface area contributed by atoms with Crippen LogP contribution in [0.15, 0.2) is 11.8 Å². The van der Waals surface area contributed by atoms with Gasteiger partial charge in [-0.2, -0.15) is 0 Å². The maximum Gasteiger partial charge on any atom is 0.153 e. The van der Waals surface area contributed by atoms with Crippen molar-refractivity contribution in [2.75, 3.05) is 13.1 Å². The predicted molar refractivity (Wildman–Crippen MR) is 56.9 cm³/mol. The highest BCUT2D eigenvalue weighted by Crippen LogP contribution is 2.21. The Morgan fingerprint density at radius 2 is 1.62 bits per heavy atom. The van der Waals surface area contributed by atoms with Gasteiger partial charge in [0.25, 0.3) is 0 Å². The zero-order valence-corrected chi connectivity index (χ0v) is 8.60. The summed E-state index contributed by atoms with van der Waals surface area (Å²) in [5.41, 5.74) is 1.66. The van der Waals surface area contributed by atoms with Gasteiger partial charge in [-0.05, 0) is 38.2 Å². The van der Waals surface area contributed by atoms with Gasteiger partial charge in [0.2, 0.25) is 0 Å². The molecule has 1 nitrogen and oxygen atoms in total. The van der Waals surface area contributed by atoms with E-state index in [9.17, 15) is 0 Å². The van der Waals surface area contributed by atoms with Gasteiger partial charge in [-0.25, -0.2) is 0 Å². The van der Waals surface area contributed by atoms with E-state index in [4.69, 9.17) is 0 Å². The van der Waals surface area contributed by atoms with Crippen LogP contribution in [0.1, 0.15) is 51.4 Å². The number of hydrogen-bond donors (Lipinski definition) is 0. The van der Waals surface area contributed by atoms with Crippen LogP contribution in [0.2, 0.25) is 0 Å². The maximum absolute atomic E-state index is 2.64. The summed E-state index contributed by atoms with van der Waals surface area (Å²) < 4.78 is 0. The Labute approximate surface area is 81.8 Å². The van der Waals surface area contributed by atoms with Gasteiger partial charge in [0.1, 0.15) is 13.1 Å². The maximum atomic E-state index is 2.64. The van der Waals surface area contributed by atoms with Crippen LogP contribution in [0.4, 0.5) is 0 Å². The molecule has 0 aromatic rings. The lowest BCUT2D eigenvalue weighted by atomic mass is 10.0. The van der Waals surface area contributed by atoms with Gasteiger partial charge in [-0.1, -0.05) is 0 Å². The molecule has 0 aromatic heterocycles. The van der Waals surface area contributed by atoms with Crippen molar-refractivity contribution in [2.45, 2.75) is 51.4 Å². The van der Waals surface area contributed by atoms with Gasteiger partial charge in [0.05, 0.1) is 0 Å². The second-order valence-corrected chi connectivity index (χ2v) is 4.34. The van der Waals surface area contributed by atoms with Gasteiger partial charge >= 0.3 is 0 Å². The van der Waals surface area contributed by atoms with Crippen LogP contribution in [0.25, 0.3) is 0 Å². The average Bonchev–Trinajstić information content (AvgIpc) is 2.47. The molecule has 1 radical (unpaired) electrons. The molecule has 0 saturated carbocycles. The molecule has 1 fully saturated rings. The quantitative estimate of drug-likeness (QED) is 0.545. The third kappa shape index (κ3) is 2.57. The van der Waals surface area contributed by atoms with Crippen molar-refractivity contribution in [3.8, 4) is 0 Å². The van der Waals surface area contributed by atoms with E-state index in [0.717, 1.165) is 0 Å². The minimum Gasteiger partial charge on any atom is -0.138 e. The summed E-state index contributed by atoms with van der Waals surface area (Å²) in [6.07, 6.45) is 13.7. The molecule has 0 N–H and O–H groups in total. The molecular formula is C12H21N+. The molecule has 2 aliphatic rings. The van der Waals surface area contributed by atoms with E-state index in [1.165, 1.54) is 64.5 Å². The normalized spacial score (nSPS) is 26.6. The first-order valence-electron chi connectivity index (χ1n) is 5.91. The van der Waals surface area contributed by atoms with Gasteiger partial charge in [0.15, 0.2) is 5.70 Å². The van der Waals surface area contributed by atoms with E-state index >= 15 is 0 Å². The van der Waals surface area contributed by atoms with Crippen molar-refractivity contribution in [1.82, 2.24) is 4.90 Å². The summed E-state index contributed by atoms with van der Waals surface area (Å²) in [5.74, 6) is 0. The summed E-state index contributed by atoms with van der Waals surface area (Å²) in [6, 6.07) is 0. The highest BCUT2D eigenvalue weighted by Gasteiger charge is 2.23. The summed E-state index contributed by atoms with van der Waals surface area (Å²) in [4.78, 5) is 2.64. The largest absolute Gasteiger partial charge is 0.153 e. The van der Waals surface area contributed by atoms with Crippen LogP contribution in [0.3, 0.4) is 0 Å².